The number of hydrogen-bond donors (Lipinski definition) is 1. The number of hydrogen-bond acceptors (Lipinski definition) is 2. The number of ether oxygens (including phenoxy) is 1. The highest BCUT2D eigenvalue weighted by atomic mass is 16.5. The van der Waals surface area contributed by atoms with Crippen LogP contribution >= 0.6 is 0 Å². The van der Waals surface area contributed by atoms with Crippen LogP contribution in [0.4, 0.5) is 0 Å². The van der Waals surface area contributed by atoms with Crippen molar-refractivity contribution in [2.24, 2.45) is 0 Å². The number of rotatable bonds is 7. The predicted molar refractivity (Wildman–Crippen MR) is 88.5 cm³/mol. The molecule has 0 aromatic heterocycles. The van der Waals surface area contributed by atoms with E-state index in [1.165, 1.54) is 16.7 Å². The van der Waals surface area contributed by atoms with Crippen molar-refractivity contribution in [1.29, 1.82) is 0 Å². The van der Waals surface area contributed by atoms with Gasteiger partial charge in [-0.25, -0.2) is 0 Å². The van der Waals surface area contributed by atoms with Gasteiger partial charge in [-0.3, -0.25) is 0 Å². The molecule has 0 aliphatic heterocycles. The Bertz CT molecular complexity index is 565. The van der Waals surface area contributed by atoms with Crippen LogP contribution in [0.2, 0.25) is 0 Å². The van der Waals surface area contributed by atoms with Crippen molar-refractivity contribution in [2.45, 2.75) is 46.4 Å². The van der Waals surface area contributed by atoms with Gasteiger partial charge in [0.1, 0.15) is 12.4 Å². The van der Waals surface area contributed by atoms with Crippen molar-refractivity contribution in [2.75, 3.05) is 0 Å². The molecule has 0 heterocycles. The first-order valence-electron chi connectivity index (χ1n) is 7.69. The van der Waals surface area contributed by atoms with E-state index in [1.807, 2.05) is 12.1 Å². The lowest BCUT2D eigenvalue weighted by Crippen LogP contribution is -2.24. The van der Waals surface area contributed by atoms with Gasteiger partial charge < -0.3 is 10.1 Å². The minimum atomic E-state index is 0.523. The van der Waals surface area contributed by atoms with Gasteiger partial charge >= 0.3 is 0 Å². The summed E-state index contributed by atoms with van der Waals surface area (Å²) in [4.78, 5) is 0. The smallest absolute Gasteiger partial charge is 0.124 e. The maximum atomic E-state index is 6.03. The Labute approximate surface area is 128 Å². The first-order valence-corrected chi connectivity index (χ1v) is 7.69. The lowest BCUT2D eigenvalue weighted by Gasteiger charge is -2.15. The Hall–Kier alpha value is -1.80. The molecule has 0 aliphatic carbocycles. The number of aryl methyl sites for hydroxylation is 1. The SMILES string of the molecule is CC[C@H](C)NCc1ccccc1OCc1ccccc1C. The minimum Gasteiger partial charge on any atom is -0.489 e. The molecule has 0 saturated carbocycles. The first-order chi connectivity index (χ1) is 10.2. The fourth-order valence-corrected chi connectivity index (χ4v) is 2.15. The zero-order chi connectivity index (χ0) is 15.1. The van der Waals surface area contributed by atoms with Gasteiger partial charge in [-0.05, 0) is 37.5 Å². The zero-order valence-corrected chi connectivity index (χ0v) is 13.2. The van der Waals surface area contributed by atoms with Crippen LogP contribution < -0.4 is 10.1 Å². The Morgan fingerprint density at radius 3 is 2.38 bits per heavy atom. The van der Waals surface area contributed by atoms with Crippen LogP contribution in [0.25, 0.3) is 0 Å². The highest BCUT2D eigenvalue weighted by Crippen LogP contribution is 2.20. The van der Waals surface area contributed by atoms with E-state index in [2.05, 4.69) is 62.5 Å². The summed E-state index contributed by atoms with van der Waals surface area (Å²) in [5, 5.41) is 3.52. The number of benzene rings is 2. The van der Waals surface area contributed by atoms with E-state index < -0.39 is 0 Å². The van der Waals surface area contributed by atoms with Gasteiger partial charge in [-0.2, -0.15) is 0 Å². The normalized spacial score (nSPS) is 12.1. The quantitative estimate of drug-likeness (QED) is 0.810. The van der Waals surface area contributed by atoms with Crippen molar-refractivity contribution >= 4 is 0 Å². The van der Waals surface area contributed by atoms with Gasteiger partial charge in [0.2, 0.25) is 0 Å². The van der Waals surface area contributed by atoms with E-state index in [9.17, 15) is 0 Å². The molecule has 0 bridgehead atoms. The van der Waals surface area contributed by atoms with E-state index in [0.717, 1.165) is 18.7 Å². The average molecular weight is 283 g/mol. The molecule has 2 aromatic carbocycles. The molecule has 0 radical (unpaired) electrons. The third kappa shape index (κ3) is 4.61. The lowest BCUT2D eigenvalue weighted by atomic mass is 10.1. The van der Waals surface area contributed by atoms with Gasteiger partial charge in [0.25, 0.3) is 0 Å². The molecule has 2 aromatic rings. The van der Waals surface area contributed by atoms with E-state index >= 15 is 0 Å². The summed E-state index contributed by atoms with van der Waals surface area (Å²) in [6.07, 6.45) is 1.13. The van der Waals surface area contributed by atoms with Crippen molar-refractivity contribution in [1.82, 2.24) is 5.32 Å². The molecule has 2 nitrogen and oxygen atoms in total. The average Bonchev–Trinajstić information content (AvgIpc) is 2.52. The van der Waals surface area contributed by atoms with Crippen LogP contribution in [0.15, 0.2) is 48.5 Å². The molecule has 1 N–H and O–H groups in total. The first kappa shape index (κ1) is 15.6. The second kappa shape index (κ2) is 7.84. The zero-order valence-electron chi connectivity index (χ0n) is 13.2. The molecule has 1 atom stereocenters. The van der Waals surface area contributed by atoms with Crippen molar-refractivity contribution in [3.05, 3.63) is 65.2 Å². The molecule has 0 saturated heterocycles. The Kier molecular flexibility index (Phi) is 5.82. The molecule has 0 fully saturated rings. The summed E-state index contributed by atoms with van der Waals surface area (Å²) in [6.45, 7) is 7.98. The molecule has 2 rings (SSSR count). The summed E-state index contributed by atoms with van der Waals surface area (Å²) in [6, 6.07) is 17.1. The standard InChI is InChI=1S/C19H25NO/c1-4-16(3)20-13-17-10-7-8-12-19(17)21-14-18-11-6-5-9-15(18)2/h5-12,16,20H,4,13-14H2,1-3H3/t16-/m0/s1. The van der Waals surface area contributed by atoms with Gasteiger partial charge in [-0.1, -0.05) is 49.4 Å². The van der Waals surface area contributed by atoms with Gasteiger partial charge in [0.05, 0.1) is 0 Å². The summed E-state index contributed by atoms with van der Waals surface area (Å²) in [5.41, 5.74) is 3.72. The van der Waals surface area contributed by atoms with E-state index in [1.54, 1.807) is 0 Å². The monoisotopic (exact) mass is 283 g/mol. The van der Waals surface area contributed by atoms with Gasteiger partial charge in [0, 0.05) is 18.2 Å². The van der Waals surface area contributed by atoms with E-state index in [-0.39, 0.29) is 0 Å². The van der Waals surface area contributed by atoms with Crippen LogP contribution in [0, 0.1) is 6.92 Å². The Balaban J connectivity index is 2.01. The summed E-state index contributed by atoms with van der Waals surface area (Å²) in [7, 11) is 0. The highest BCUT2D eigenvalue weighted by Gasteiger charge is 2.06. The molecule has 21 heavy (non-hydrogen) atoms. The summed E-state index contributed by atoms with van der Waals surface area (Å²) in [5.74, 6) is 0.969. The van der Waals surface area contributed by atoms with Crippen LogP contribution in [0.3, 0.4) is 0 Å². The lowest BCUT2D eigenvalue weighted by molar-refractivity contribution is 0.301. The van der Waals surface area contributed by atoms with E-state index in [4.69, 9.17) is 4.74 Å². The molecule has 112 valence electrons. The number of para-hydroxylation sites is 1. The van der Waals surface area contributed by atoms with Crippen molar-refractivity contribution in [3.63, 3.8) is 0 Å². The van der Waals surface area contributed by atoms with Crippen molar-refractivity contribution in [3.8, 4) is 5.75 Å². The highest BCUT2D eigenvalue weighted by molar-refractivity contribution is 5.34. The summed E-state index contributed by atoms with van der Waals surface area (Å²) >= 11 is 0. The van der Waals surface area contributed by atoms with E-state index in [0.29, 0.717) is 12.6 Å². The topological polar surface area (TPSA) is 21.3 Å². The molecule has 0 spiro atoms. The van der Waals surface area contributed by atoms with Crippen molar-refractivity contribution < 1.29 is 4.74 Å². The molecule has 0 amide bonds. The maximum Gasteiger partial charge on any atom is 0.124 e. The van der Waals surface area contributed by atoms with Gasteiger partial charge in [0.15, 0.2) is 0 Å². The molecule has 0 aliphatic rings. The summed E-state index contributed by atoms with van der Waals surface area (Å²) < 4.78 is 6.03. The van der Waals surface area contributed by atoms with Crippen LogP contribution in [-0.2, 0) is 13.2 Å². The van der Waals surface area contributed by atoms with Crippen LogP contribution in [0.5, 0.6) is 5.75 Å². The van der Waals surface area contributed by atoms with Gasteiger partial charge in [-0.15, -0.1) is 0 Å². The maximum absolute atomic E-state index is 6.03. The molecular formula is C19H25NO. The third-order valence-electron chi connectivity index (χ3n) is 3.87. The second-order valence-electron chi connectivity index (χ2n) is 5.51. The minimum absolute atomic E-state index is 0.523. The molecule has 2 heteroatoms. The molecule has 0 unspecified atom stereocenters. The fraction of sp³-hybridized carbons (Fsp3) is 0.368. The third-order valence-corrected chi connectivity index (χ3v) is 3.87. The fourth-order valence-electron chi connectivity index (χ4n) is 2.15. The Morgan fingerprint density at radius 1 is 1.00 bits per heavy atom. The van der Waals surface area contributed by atoms with Crippen LogP contribution in [0.1, 0.15) is 37.0 Å². The molecular weight excluding hydrogens is 258 g/mol. The largest absolute Gasteiger partial charge is 0.489 e. The van der Waals surface area contributed by atoms with Crippen LogP contribution in [-0.4, -0.2) is 6.04 Å². The Morgan fingerprint density at radius 2 is 1.67 bits per heavy atom. The second-order valence-corrected chi connectivity index (χ2v) is 5.51. The predicted octanol–water partition coefficient (Wildman–Crippen LogP) is 4.46. The number of nitrogens with one attached hydrogen (secondary N) is 1.